The third-order valence-electron chi connectivity index (χ3n) is 1.87. The Morgan fingerprint density at radius 2 is 2.11 bits per heavy atom. The summed E-state index contributed by atoms with van der Waals surface area (Å²) in [6, 6.07) is 6.31. The van der Waals surface area contributed by atoms with Gasteiger partial charge in [-0.2, -0.15) is 8.42 Å². The fraction of sp³-hybridized carbons (Fsp3) is 0. The fourth-order valence-corrected chi connectivity index (χ4v) is 2.17. The molecule has 0 aliphatic heterocycles. The molecule has 0 amide bonds. The van der Waals surface area contributed by atoms with E-state index in [-0.39, 0.29) is 5.75 Å². The van der Waals surface area contributed by atoms with Gasteiger partial charge in [-0.1, -0.05) is 16.6 Å². The van der Waals surface area contributed by atoms with Crippen LogP contribution in [-0.4, -0.2) is 24.1 Å². The average Bonchev–Trinajstić information content (AvgIpc) is 2.82. The van der Waals surface area contributed by atoms with Gasteiger partial charge >= 0.3 is 10.3 Å². The lowest BCUT2D eigenvalue weighted by Crippen LogP contribution is -2.06. The minimum atomic E-state index is -4.34. The summed E-state index contributed by atoms with van der Waals surface area (Å²) >= 11 is 1.12. The predicted molar refractivity (Wildman–Crippen MR) is 63.0 cm³/mol. The second kappa shape index (κ2) is 5.05. The van der Waals surface area contributed by atoms with Crippen LogP contribution in [0, 0.1) is 0 Å². The van der Waals surface area contributed by atoms with E-state index < -0.39 is 10.3 Å². The monoisotopic (exact) mass is 283 g/mol. The highest BCUT2D eigenvalue weighted by Crippen LogP contribution is 2.29. The van der Waals surface area contributed by atoms with Crippen LogP contribution in [-0.2, 0) is 15.1 Å². The molecule has 0 aliphatic carbocycles. The van der Waals surface area contributed by atoms with Crippen LogP contribution in [0.15, 0.2) is 34.0 Å². The maximum Gasteiger partial charge on any atom is 0.439 e. The van der Waals surface area contributed by atoms with Gasteiger partial charge in [0.2, 0.25) is 0 Å². The molecule has 0 N–H and O–H groups in total. The molecule has 1 aromatic heterocycles. The lowest BCUT2D eigenvalue weighted by Gasteiger charge is -2.05. The molecular formula is C9H5N3O4S2. The summed E-state index contributed by atoms with van der Waals surface area (Å²) in [4.78, 5) is 9.95. The highest BCUT2D eigenvalue weighted by Gasteiger charge is 2.15. The van der Waals surface area contributed by atoms with Crippen molar-refractivity contribution in [2.24, 2.45) is 4.40 Å². The van der Waals surface area contributed by atoms with Crippen LogP contribution < -0.4 is 4.18 Å². The third kappa shape index (κ3) is 2.77. The molecule has 1 heterocycles. The van der Waals surface area contributed by atoms with Crippen molar-refractivity contribution in [1.82, 2.24) is 9.59 Å². The van der Waals surface area contributed by atoms with Crippen molar-refractivity contribution >= 4 is 27.9 Å². The second-order valence-corrected chi connectivity index (χ2v) is 4.79. The molecule has 0 bridgehead atoms. The van der Waals surface area contributed by atoms with Crippen LogP contribution in [0.5, 0.6) is 5.75 Å². The molecule has 0 aliphatic rings. The summed E-state index contributed by atoms with van der Waals surface area (Å²) in [6.07, 6.45) is 0.919. The van der Waals surface area contributed by atoms with E-state index >= 15 is 0 Å². The average molecular weight is 283 g/mol. The van der Waals surface area contributed by atoms with Gasteiger partial charge in [0.15, 0.2) is 5.75 Å². The Balaban J connectivity index is 2.44. The number of carbonyl (C=O) groups excluding carboxylic acids is 1. The standard InChI is InChI=1S/C9H5N3O4S2/c13-6-10-18(14,15)16-9-4-2-1-3-7(9)8-5-17-12-11-8/h1-5H. The molecule has 92 valence electrons. The molecule has 0 spiro atoms. The Hall–Kier alpha value is -2.09. The van der Waals surface area contributed by atoms with Crippen LogP contribution in [0.3, 0.4) is 0 Å². The number of aromatic nitrogens is 2. The first-order valence-electron chi connectivity index (χ1n) is 4.52. The summed E-state index contributed by atoms with van der Waals surface area (Å²) < 4.78 is 33.4. The Bertz CT molecular complexity index is 690. The van der Waals surface area contributed by atoms with E-state index in [0.717, 1.165) is 17.6 Å². The van der Waals surface area contributed by atoms with E-state index in [2.05, 4.69) is 18.2 Å². The molecule has 0 radical (unpaired) electrons. The molecule has 9 heteroatoms. The third-order valence-corrected chi connectivity index (χ3v) is 3.06. The molecule has 0 fully saturated rings. The first-order chi connectivity index (χ1) is 8.62. The predicted octanol–water partition coefficient (Wildman–Crippen LogP) is 1.16. The minimum Gasteiger partial charge on any atom is -0.364 e. The largest absolute Gasteiger partial charge is 0.439 e. The Morgan fingerprint density at radius 1 is 1.33 bits per heavy atom. The van der Waals surface area contributed by atoms with Gasteiger partial charge in [0.25, 0.3) is 6.08 Å². The van der Waals surface area contributed by atoms with E-state index in [9.17, 15) is 13.2 Å². The van der Waals surface area contributed by atoms with Crippen molar-refractivity contribution in [2.75, 3.05) is 0 Å². The summed E-state index contributed by atoms with van der Waals surface area (Å²) in [7, 11) is -4.34. The topological polar surface area (TPSA) is 98.6 Å². The fourth-order valence-electron chi connectivity index (χ4n) is 1.21. The van der Waals surface area contributed by atoms with E-state index in [1.54, 1.807) is 23.6 Å². The van der Waals surface area contributed by atoms with Gasteiger partial charge in [-0.25, -0.2) is 4.79 Å². The normalized spacial score (nSPS) is 10.7. The zero-order chi connectivity index (χ0) is 13.0. The molecule has 0 atom stereocenters. The van der Waals surface area contributed by atoms with Crippen molar-refractivity contribution in [2.45, 2.75) is 0 Å². The zero-order valence-electron chi connectivity index (χ0n) is 8.68. The van der Waals surface area contributed by atoms with Gasteiger partial charge in [0, 0.05) is 10.9 Å². The summed E-state index contributed by atoms with van der Waals surface area (Å²) in [5, 5.41) is 5.45. The van der Waals surface area contributed by atoms with Gasteiger partial charge < -0.3 is 4.18 Å². The maximum absolute atomic E-state index is 11.2. The van der Waals surface area contributed by atoms with E-state index in [1.165, 1.54) is 6.07 Å². The molecule has 2 aromatic rings. The van der Waals surface area contributed by atoms with Crippen LogP contribution in [0.25, 0.3) is 11.3 Å². The smallest absolute Gasteiger partial charge is 0.364 e. The number of para-hydroxylation sites is 1. The van der Waals surface area contributed by atoms with Crippen molar-refractivity contribution < 1.29 is 17.4 Å². The van der Waals surface area contributed by atoms with Gasteiger partial charge in [-0.05, 0) is 28.1 Å². The van der Waals surface area contributed by atoms with Crippen LogP contribution in [0.1, 0.15) is 0 Å². The number of hydrogen-bond acceptors (Lipinski definition) is 7. The van der Waals surface area contributed by atoms with Crippen LogP contribution in [0.2, 0.25) is 0 Å². The summed E-state index contributed by atoms with van der Waals surface area (Å²) in [5.41, 5.74) is 0.914. The Kier molecular flexibility index (Phi) is 3.47. The van der Waals surface area contributed by atoms with Crippen LogP contribution in [0.4, 0.5) is 0 Å². The van der Waals surface area contributed by atoms with Crippen molar-refractivity contribution in [3.8, 4) is 17.0 Å². The van der Waals surface area contributed by atoms with Crippen molar-refractivity contribution in [1.29, 1.82) is 0 Å². The quantitative estimate of drug-likeness (QED) is 0.617. The number of benzene rings is 1. The van der Waals surface area contributed by atoms with Gasteiger partial charge in [-0.3, -0.25) is 0 Å². The Labute approximate surface area is 106 Å². The number of isocyanates is 1. The van der Waals surface area contributed by atoms with E-state index in [1.807, 2.05) is 0 Å². The molecule has 2 rings (SSSR count). The molecule has 1 aromatic carbocycles. The highest BCUT2D eigenvalue weighted by atomic mass is 32.2. The number of nitrogens with zero attached hydrogens (tertiary/aromatic N) is 3. The molecule has 0 unspecified atom stereocenters. The van der Waals surface area contributed by atoms with Gasteiger partial charge in [0.1, 0.15) is 5.69 Å². The lowest BCUT2D eigenvalue weighted by atomic mass is 10.1. The van der Waals surface area contributed by atoms with Crippen molar-refractivity contribution in [3.05, 3.63) is 29.6 Å². The van der Waals surface area contributed by atoms with Gasteiger partial charge in [0.05, 0.1) is 0 Å². The SMILES string of the molecule is O=C=NS(=O)(=O)Oc1ccccc1-c1csnn1. The van der Waals surface area contributed by atoms with Crippen LogP contribution >= 0.6 is 11.5 Å². The maximum atomic E-state index is 11.2. The molecular weight excluding hydrogens is 278 g/mol. The first-order valence-corrected chi connectivity index (χ1v) is 6.72. The zero-order valence-corrected chi connectivity index (χ0v) is 10.3. The summed E-state index contributed by atoms with van der Waals surface area (Å²) in [6.45, 7) is 0. The first kappa shape index (κ1) is 12.4. The lowest BCUT2D eigenvalue weighted by molar-refractivity contribution is 0.487. The van der Waals surface area contributed by atoms with E-state index in [4.69, 9.17) is 0 Å². The van der Waals surface area contributed by atoms with Crippen molar-refractivity contribution in [3.63, 3.8) is 0 Å². The molecule has 7 nitrogen and oxygen atoms in total. The molecule has 18 heavy (non-hydrogen) atoms. The van der Waals surface area contributed by atoms with E-state index in [0.29, 0.717) is 11.3 Å². The Morgan fingerprint density at radius 3 is 2.78 bits per heavy atom. The molecule has 0 saturated carbocycles. The minimum absolute atomic E-state index is 0.0178. The number of rotatable bonds is 4. The summed E-state index contributed by atoms with van der Waals surface area (Å²) in [5.74, 6) is 0.0178. The second-order valence-electron chi connectivity index (χ2n) is 2.98. The highest BCUT2D eigenvalue weighted by molar-refractivity contribution is 7.85. The molecule has 0 saturated heterocycles. The van der Waals surface area contributed by atoms with Gasteiger partial charge in [-0.15, -0.1) is 5.10 Å². The number of hydrogen-bond donors (Lipinski definition) is 0.